The summed E-state index contributed by atoms with van der Waals surface area (Å²) in [5.41, 5.74) is 2.45. The Morgan fingerprint density at radius 1 is 1.00 bits per heavy atom. The molecular weight excluding hydrogens is 431 g/mol. The fourth-order valence-corrected chi connectivity index (χ4v) is 6.53. The van der Waals surface area contributed by atoms with Crippen LogP contribution < -0.4 is 5.32 Å². The summed E-state index contributed by atoms with van der Waals surface area (Å²) in [6, 6.07) is 12.3. The van der Waals surface area contributed by atoms with Crippen molar-refractivity contribution in [1.29, 1.82) is 0 Å². The average molecular weight is 465 g/mol. The highest BCUT2D eigenvalue weighted by Crippen LogP contribution is 2.48. The molecule has 2 saturated carbocycles. The van der Waals surface area contributed by atoms with Crippen LogP contribution in [0.15, 0.2) is 42.5 Å². The van der Waals surface area contributed by atoms with Gasteiger partial charge < -0.3 is 15.3 Å². The van der Waals surface area contributed by atoms with Crippen molar-refractivity contribution < 1.29 is 19.1 Å². The molecule has 3 fully saturated rings. The molecule has 180 valence electrons. The summed E-state index contributed by atoms with van der Waals surface area (Å²) in [6.45, 7) is 1.74. The van der Waals surface area contributed by atoms with Crippen molar-refractivity contribution in [3.8, 4) is 0 Å². The lowest BCUT2D eigenvalue weighted by molar-refractivity contribution is -0.147. The second-order valence-corrected chi connectivity index (χ2v) is 10.3. The van der Waals surface area contributed by atoms with Gasteiger partial charge in [-0.25, -0.2) is 4.39 Å². The maximum absolute atomic E-state index is 14.9. The van der Waals surface area contributed by atoms with Gasteiger partial charge >= 0.3 is 5.97 Å². The molecule has 5 nitrogen and oxygen atoms in total. The Balaban J connectivity index is 1.53. The summed E-state index contributed by atoms with van der Waals surface area (Å²) in [5.74, 6) is -2.42. The van der Waals surface area contributed by atoms with Gasteiger partial charge in [0.05, 0.1) is 17.5 Å². The monoisotopic (exact) mass is 464 g/mol. The summed E-state index contributed by atoms with van der Waals surface area (Å²) in [6.07, 6.45) is 8.06. The maximum atomic E-state index is 14.9. The van der Waals surface area contributed by atoms with Crippen LogP contribution in [0.1, 0.15) is 78.9 Å². The van der Waals surface area contributed by atoms with Crippen LogP contribution in [0.25, 0.3) is 0 Å². The number of halogens is 1. The first-order chi connectivity index (χ1) is 16.4. The topological polar surface area (TPSA) is 69.6 Å². The maximum Gasteiger partial charge on any atom is 0.308 e. The number of nitrogens with one attached hydrogen (secondary N) is 1. The first kappa shape index (κ1) is 22.9. The summed E-state index contributed by atoms with van der Waals surface area (Å²) in [5, 5.41) is 13.8. The number of amides is 1. The van der Waals surface area contributed by atoms with E-state index in [1.807, 2.05) is 24.3 Å². The van der Waals surface area contributed by atoms with Crippen molar-refractivity contribution in [2.24, 2.45) is 11.8 Å². The number of piperidine rings is 1. The molecule has 2 aliphatic carbocycles. The minimum Gasteiger partial charge on any atom is -0.481 e. The lowest BCUT2D eigenvalue weighted by atomic mass is 9.76. The molecule has 2 aromatic carbocycles. The van der Waals surface area contributed by atoms with Crippen LogP contribution in [-0.2, 0) is 4.79 Å². The van der Waals surface area contributed by atoms with E-state index in [0.717, 1.165) is 30.5 Å². The molecule has 0 aromatic heterocycles. The number of nitrogens with zero attached hydrogens (tertiary/aromatic N) is 1. The molecule has 0 radical (unpaired) electrons. The summed E-state index contributed by atoms with van der Waals surface area (Å²) < 4.78 is 14.9. The van der Waals surface area contributed by atoms with Crippen molar-refractivity contribution in [1.82, 2.24) is 4.90 Å². The number of aliphatic carboxylic acids is 1. The highest BCUT2D eigenvalue weighted by Gasteiger charge is 2.50. The van der Waals surface area contributed by atoms with E-state index in [0.29, 0.717) is 18.0 Å². The third-order valence-corrected chi connectivity index (χ3v) is 8.18. The zero-order valence-electron chi connectivity index (χ0n) is 19.7. The van der Waals surface area contributed by atoms with Crippen molar-refractivity contribution in [3.63, 3.8) is 0 Å². The first-order valence-electron chi connectivity index (χ1n) is 12.6. The minimum atomic E-state index is -0.897. The van der Waals surface area contributed by atoms with Crippen LogP contribution in [0.3, 0.4) is 0 Å². The molecule has 1 aliphatic heterocycles. The number of carboxylic acid groups (broad SMARTS) is 1. The van der Waals surface area contributed by atoms with Gasteiger partial charge in [-0.2, -0.15) is 0 Å². The average Bonchev–Trinajstić information content (AvgIpc) is 3.50. The molecular formula is C28H33FN2O3. The minimum absolute atomic E-state index is 0.0590. The fraction of sp³-hybridized carbons (Fsp3) is 0.500. The fourth-order valence-electron chi connectivity index (χ4n) is 6.53. The smallest absolute Gasteiger partial charge is 0.308 e. The number of fused-ring (bicyclic) bond motifs is 1. The highest BCUT2D eigenvalue weighted by atomic mass is 19.1. The number of carbonyl (C=O) groups is 2. The van der Waals surface area contributed by atoms with Crippen LogP contribution in [0.5, 0.6) is 0 Å². The molecule has 0 bridgehead atoms. The third-order valence-electron chi connectivity index (χ3n) is 8.18. The van der Waals surface area contributed by atoms with Gasteiger partial charge in [-0.15, -0.1) is 0 Å². The first-order valence-corrected chi connectivity index (χ1v) is 12.6. The lowest BCUT2D eigenvalue weighted by Gasteiger charge is -2.47. The van der Waals surface area contributed by atoms with Crippen LogP contribution >= 0.6 is 0 Å². The predicted molar refractivity (Wildman–Crippen MR) is 129 cm³/mol. The standard InChI is InChI=1S/C28H33FN2O3/c1-17-6-4-10-23(29)25(17)27(32)31-24-11-5-7-19(24)16-22(28(33)34)26(31)18-12-14-21(15-13-18)30-20-8-2-3-9-20/h4,6,10,12-15,19-20,22,24,26,30H,2-3,5,7-9,11,16H2,1H3,(H,33,34)/t19-,22+,24-,26+/m0/s1. The number of rotatable bonds is 5. The van der Waals surface area contributed by atoms with Crippen molar-refractivity contribution >= 4 is 17.6 Å². The van der Waals surface area contributed by atoms with Gasteiger partial charge in [-0.3, -0.25) is 9.59 Å². The SMILES string of the molecule is Cc1cccc(F)c1C(=O)N1[C@H](c2ccc(NC3CCCC3)cc2)[C@H](C(=O)O)C[C@@H]2CCC[C@@H]21. The number of hydrogen-bond acceptors (Lipinski definition) is 3. The van der Waals surface area contributed by atoms with E-state index < -0.39 is 29.7 Å². The van der Waals surface area contributed by atoms with E-state index in [1.165, 1.54) is 31.7 Å². The van der Waals surface area contributed by atoms with Gasteiger partial charge in [-0.1, -0.05) is 43.5 Å². The van der Waals surface area contributed by atoms with E-state index >= 15 is 0 Å². The van der Waals surface area contributed by atoms with Gasteiger partial charge in [0.2, 0.25) is 0 Å². The van der Waals surface area contributed by atoms with Crippen LogP contribution in [0.2, 0.25) is 0 Å². The number of hydrogen-bond donors (Lipinski definition) is 2. The number of carbonyl (C=O) groups excluding carboxylic acids is 1. The molecule has 2 N–H and O–H groups in total. The lowest BCUT2D eigenvalue weighted by Crippen LogP contribution is -2.53. The molecule has 2 aromatic rings. The normalized spacial score (nSPS) is 26.9. The highest BCUT2D eigenvalue weighted by molar-refractivity contribution is 5.97. The Morgan fingerprint density at radius 2 is 1.74 bits per heavy atom. The number of likely N-dealkylation sites (tertiary alicyclic amines) is 1. The molecule has 1 saturated heterocycles. The van der Waals surface area contributed by atoms with Crippen LogP contribution in [0.4, 0.5) is 10.1 Å². The van der Waals surface area contributed by atoms with Crippen molar-refractivity contribution in [2.45, 2.75) is 76.4 Å². The van der Waals surface area contributed by atoms with Crippen molar-refractivity contribution in [2.75, 3.05) is 5.32 Å². The molecule has 0 unspecified atom stereocenters. The number of carboxylic acids is 1. The Bertz CT molecular complexity index is 1040. The second kappa shape index (κ2) is 9.40. The zero-order valence-corrected chi connectivity index (χ0v) is 19.7. The zero-order chi connectivity index (χ0) is 23.8. The van der Waals surface area contributed by atoms with Crippen LogP contribution in [-0.4, -0.2) is 34.0 Å². The summed E-state index contributed by atoms with van der Waals surface area (Å²) in [4.78, 5) is 28.1. The number of benzene rings is 2. The molecule has 1 heterocycles. The van der Waals surface area contributed by atoms with E-state index in [-0.39, 0.29) is 17.5 Å². The third kappa shape index (κ3) is 4.19. The second-order valence-electron chi connectivity index (χ2n) is 10.3. The van der Waals surface area contributed by atoms with Gasteiger partial charge in [0.1, 0.15) is 5.82 Å². The van der Waals surface area contributed by atoms with Crippen LogP contribution in [0, 0.1) is 24.6 Å². The number of aryl methyl sites for hydroxylation is 1. The van der Waals surface area contributed by atoms with Crippen molar-refractivity contribution in [3.05, 3.63) is 65.0 Å². The van der Waals surface area contributed by atoms with Gasteiger partial charge in [0.25, 0.3) is 5.91 Å². The van der Waals surface area contributed by atoms with Gasteiger partial charge in [0, 0.05) is 17.8 Å². The van der Waals surface area contributed by atoms with E-state index in [9.17, 15) is 19.1 Å². The van der Waals surface area contributed by atoms with Gasteiger partial charge in [-0.05, 0) is 74.3 Å². The van der Waals surface area contributed by atoms with E-state index in [1.54, 1.807) is 24.0 Å². The molecule has 34 heavy (non-hydrogen) atoms. The summed E-state index contributed by atoms with van der Waals surface area (Å²) in [7, 11) is 0. The Morgan fingerprint density at radius 3 is 2.41 bits per heavy atom. The summed E-state index contributed by atoms with van der Waals surface area (Å²) >= 11 is 0. The quantitative estimate of drug-likeness (QED) is 0.574. The Kier molecular flexibility index (Phi) is 6.32. The van der Waals surface area contributed by atoms with E-state index in [2.05, 4.69) is 5.32 Å². The molecule has 5 rings (SSSR count). The molecule has 4 atom stereocenters. The Labute approximate surface area is 200 Å². The molecule has 1 amide bonds. The largest absolute Gasteiger partial charge is 0.481 e. The molecule has 6 heteroatoms. The van der Waals surface area contributed by atoms with E-state index in [4.69, 9.17) is 0 Å². The molecule has 3 aliphatic rings. The predicted octanol–water partition coefficient (Wildman–Crippen LogP) is 5.95. The molecule has 0 spiro atoms. The van der Waals surface area contributed by atoms with Gasteiger partial charge in [0.15, 0.2) is 0 Å². The Hall–Kier alpha value is -2.89. The number of anilines is 1.